The highest BCUT2D eigenvalue weighted by atomic mass is 79.9. The van der Waals surface area contributed by atoms with Gasteiger partial charge in [0.15, 0.2) is 5.75 Å². The second kappa shape index (κ2) is 5.84. The molecule has 1 atom stereocenters. The Morgan fingerprint density at radius 2 is 2.25 bits per heavy atom. The number of hydrogen-bond donors (Lipinski definition) is 0. The first-order valence-electron chi connectivity index (χ1n) is 5.15. The van der Waals surface area contributed by atoms with Crippen molar-refractivity contribution in [2.75, 3.05) is 0 Å². The lowest BCUT2D eigenvalue weighted by Gasteiger charge is -2.13. The fraction of sp³-hybridized carbons (Fsp3) is 0.455. The highest BCUT2D eigenvalue weighted by Crippen LogP contribution is 2.31. The monoisotopic (exact) mass is 287 g/mol. The van der Waals surface area contributed by atoms with Crippen molar-refractivity contribution in [3.8, 4) is 5.75 Å². The van der Waals surface area contributed by atoms with E-state index >= 15 is 0 Å². The van der Waals surface area contributed by atoms with Crippen molar-refractivity contribution in [3.63, 3.8) is 0 Å². The number of nitro groups is 1. The molecular formula is C11H14BrNO3. The van der Waals surface area contributed by atoms with Crippen molar-refractivity contribution in [2.45, 2.75) is 32.8 Å². The molecule has 0 radical (unpaired) electrons. The van der Waals surface area contributed by atoms with E-state index in [2.05, 4.69) is 22.9 Å². The van der Waals surface area contributed by atoms with Gasteiger partial charge in [-0.1, -0.05) is 29.3 Å². The maximum absolute atomic E-state index is 10.8. The van der Waals surface area contributed by atoms with Crippen LogP contribution < -0.4 is 4.74 Å². The van der Waals surface area contributed by atoms with E-state index in [1.807, 2.05) is 6.92 Å². The van der Waals surface area contributed by atoms with Crippen LogP contribution in [0.5, 0.6) is 5.75 Å². The number of benzene rings is 1. The minimum atomic E-state index is -0.432. The third-order valence-corrected chi connectivity index (χ3v) is 2.63. The summed E-state index contributed by atoms with van der Waals surface area (Å²) < 4.78 is 6.22. The minimum Gasteiger partial charge on any atom is -0.484 e. The molecule has 0 saturated heterocycles. The van der Waals surface area contributed by atoms with E-state index in [-0.39, 0.29) is 11.8 Å². The Morgan fingerprint density at radius 3 is 2.81 bits per heavy atom. The van der Waals surface area contributed by atoms with E-state index in [1.54, 1.807) is 12.1 Å². The summed E-state index contributed by atoms with van der Waals surface area (Å²) in [4.78, 5) is 10.4. The molecule has 4 nitrogen and oxygen atoms in total. The molecule has 0 heterocycles. The predicted molar refractivity (Wildman–Crippen MR) is 65.8 cm³/mol. The van der Waals surface area contributed by atoms with Crippen molar-refractivity contribution < 1.29 is 9.66 Å². The zero-order valence-electron chi connectivity index (χ0n) is 9.27. The van der Waals surface area contributed by atoms with E-state index in [1.165, 1.54) is 6.07 Å². The van der Waals surface area contributed by atoms with Gasteiger partial charge >= 0.3 is 5.69 Å². The van der Waals surface area contributed by atoms with Gasteiger partial charge in [0.2, 0.25) is 0 Å². The molecule has 1 rings (SSSR count). The van der Waals surface area contributed by atoms with Gasteiger partial charge in [0.1, 0.15) is 0 Å². The second-order valence-electron chi connectivity index (χ2n) is 3.59. The lowest BCUT2D eigenvalue weighted by molar-refractivity contribution is -0.386. The van der Waals surface area contributed by atoms with Crippen molar-refractivity contribution in [1.29, 1.82) is 0 Å². The van der Waals surface area contributed by atoms with E-state index < -0.39 is 4.92 Å². The van der Waals surface area contributed by atoms with Crippen LogP contribution in [0.15, 0.2) is 22.7 Å². The van der Waals surface area contributed by atoms with Gasteiger partial charge in [0.25, 0.3) is 0 Å². The molecule has 0 aliphatic carbocycles. The molecule has 0 bridgehead atoms. The van der Waals surface area contributed by atoms with Gasteiger partial charge < -0.3 is 4.74 Å². The Kier molecular flexibility index (Phi) is 4.73. The Balaban J connectivity index is 2.90. The van der Waals surface area contributed by atoms with Gasteiger partial charge in [-0.05, 0) is 25.5 Å². The molecule has 16 heavy (non-hydrogen) atoms. The van der Waals surface area contributed by atoms with Gasteiger partial charge in [-0.2, -0.15) is 0 Å². The third-order valence-electron chi connectivity index (χ3n) is 2.14. The molecule has 0 amide bonds. The number of rotatable bonds is 5. The first kappa shape index (κ1) is 13.0. The largest absolute Gasteiger partial charge is 0.484 e. The van der Waals surface area contributed by atoms with E-state index in [0.717, 1.165) is 12.8 Å². The van der Waals surface area contributed by atoms with Crippen molar-refractivity contribution in [2.24, 2.45) is 0 Å². The third kappa shape index (κ3) is 3.48. The quantitative estimate of drug-likeness (QED) is 0.609. The van der Waals surface area contributed by atoms with Gasteiger partial charge in [0.05, 0.1) is 11.0 Å². The molecule has 1 unspecified atom stereocenters. The summed E-state index contributed by atoms with van der Waals surface area (Å²) in [5.41, 5.74) is -0.00247. The maximum Gasteiger partial charge on any atom is 0.312 e. The molecule has 88 valence electrons. The van der Waals surface area contributed by atoms with Crippen LogP contribution in [0.1, 0.15) is 26.7 Å². The molecule has 1 aromatic carbocycles. The summed E-state index contributed by atoms with van der Waals surface area (Å²) in [6, 6.07) is 4.81. The summed E-state index contributed by atoms with van der Waals surface area (Å²) in [6.07, 6.45) is 1.86. The summed E-state index contributed by atoms with van der Waals surface area (Å²) in [6.45, 7) is 3.96. The SMILES string of the molecule is CCCC(C)Oc1ccc(Br)cc1[N+](=O)[O-]. The zero-order valence-corrected chi connectivity index (χ0v) is 10.9. The van der Waals surface area contributed by atoms with E-state index in [9.17, 15) is 10.1 Å². The van der Waals surface area contributed by atoms with E-state index in [4.69, 9.17) is 4.74 Å². The van der Waals surface area contributed by atoms with Crippen molar-refractivity contribution in [1.82, 2.24) is 0 Å². The normalized spacial score (nSPS) is 12.2. The average Bonchev–Trinajstić information content (AvgIpc) is 2.20. The number of hydrogen-bond acceptors (Lipinski definition) is 3. The van der Waals surface area contributed by atoms with Gasteiger partial charge in [0, 0.05) is 10.5 Å². The van der Waals surface area contributed by atoms with Gasteiger partial charge in [-0.3, -0.25) is 10.1 Å². The summed E-state index contributed by atoms with van der Waals surface area (Å²) in [5.74, 6) is 0.328. The Labute approximate surface area is 103 Å². The van der Waals surface area contributed by atoms with Crippen LogP contribution in [0.3, 0.4) is 0 Å². The Bertz CT molecular complexity index is 381. The topological polar surface area (TPSA) is 52.4 Å². The van der Waals surface area contributed by atoms with Gasteiger partial charge in [-0.15, -0.1) is 0 Å². The van der Waals surface area contributed by atoms with Gasteiger partial charge in [-0.25, -0.2) is 0 Å². The molecule has 0 N–H and O–H groups in total. The highest BCUT2D eigenvalue weighted by Gasteiger charge is 2.17. The molecule has 0 aliphatic rings. The van der Waals surface area contributed by atoms with Crippen LogP contribution in [0.2, 0.25) is 0 Å². The van der Waals surface area contributed by atoms with Crippen molar-refractivity contribution >= 4 is 21.6 Å². The summed E-state index contributed by atoms with van der Waals surface area (Å²) in [7, 11) is 0. The fourth-order valence-corrected chi connectivity index (χ4v) is 1.76. The highest BCUT2D eigenvalue weighted by molar-refractivity contribution is 9.10. The Morgan fingerprint density at radius 1 is 1.56 bits per heavy atom. The molecule has 5 heteroatoms. The molecule has 0 saturated carbocycles. The second-order valence-corrected chi connectivity index (χ2v) is 4.50. The lowest BCUT2D eigenvalue weighted by Crippen LogP contribution is -2.12. The van der Waals surface area contributed by atoms with Crippen LogP contribution >= 0.6 is 15.9 Å². The summed E-state index contributed by atoms with van der Waals surface area (Å²) in [5, 5.41) is 10.8. The standard InChI is InChI=1S/C11H14BrNO3/c1-3-4-8(2)16-11-6-5-9(12)7-10(11)13(14)15/h5-8H,3-4H2,1-2H3. The fourth-order valence-electron chi connectivity index (χ4n) is 1.42. The molecule has 1 aromatic rings. The van der Waals surface area contributed by atoms with Crippen LogP contribution in [0.25, 0.3) is 0 Å². The first-order valence-corrected chi connectivity index (χ1v) is 5.94. The minimum absolute atomic E-state index is 0.00247. The number of nitro benzene ring substituents is 1. The average molecular weight is 288 g/mol. The van der Waals surface area contributed by atoms with Crippen LogP contribution in [-0.4, -0.2) is 11.0 Å². The van der Waals surface area contributed by atoms with Crippen LogP contribution in [-0.2, 0) is 0 Å². The number of nitrogens with zero attached hydrogens (tertiary/aromatic N) is 1. The number of ether oxygens (including phenoxy) is 1. The van der Waals surface area contributed by atoms with Crippen LogP contribution in [0, 0.1) is 10.1 Å². The smallest absolute Gasteiger partial charge is 0.312 e. The lowest BCUT2D eigenvalue weighted by atomic mass is 10.2. The molecule has 0 aromatic heterocycles. The van der Waals surface area contributed by atoms with Crippen molar-refractivity contribution in [3.05, 3.63) is 32.8 Å². The zero-order chi connectivity index (χ0) is 12.1. The van der Waals surface area contributed by atoms with Crippen LogP contribution in [0.4, 0.5) is 5.69 Å². The maximum atomic E-state index is 10.8. The molecule has 0 aliphatic heterocycles. The predicted octanol–water partition coefficient (Wildman–Crippen LogP) is 3.92. The Hall–Kier alpha value is -1.10. The summed E-state index contributed by atoms with van der Waals surface area (Å²) >= 11 is 3.20. The molecule has 0 spiro atoms. The molecule has 0 fully saturated rings. The first-order chi connectivity index (χ1) is 7.54. The number of halogens is 1. The molecular weight excluding hydrogens is 274 g/mol. The van der Waals surface area contributed by atoms with E-state index in [0.29, 0.717) is 10.2 Å².